The Labute approximate surface area is 177 Å². The summed E-state index contributed by atoms with van der Waals surface area (Å²) in [4.78, 5) is 8.98. The number of methoxy groups -OCH3 is 1. The minimum atomic E-state index is -0.184. The van der Waals surface area contributed by atoms with Crippen LogP contribution < -0.4 is 10.6 Å². The van der Waals surface area contributed by atoms with Crippen LogP contribution in [0.5, 0.6) is 0 Å². The topological polar surface area (TPSA) is 76.4 Å². The van der Waals surface area contributed by atoms with E-state index >= 15 is 0 Å². The largest absolute Gasteiger partial charge is 0.377 e. The molecular weight excluding hydrogens is 383 g/mol. The van der Waals surface area contributed by atoms with Gasteiger partial charge in [0.25, 0.3) is 0 Å². The Kier molecular flexibility index (Phi) is 6.32. The molecule has 1 atom stereocenters. The van der Waals surface area contributed by atoms with Gasteiger partial charge in [-0.05, 0) is 37.0 Å². The maximum atomic E-state index is 13.4. The normalized spacial score (nSPS) is 20.8. The Balaban J connectivity index is 1.38. The SMILES string of the molecule is CN=C(NCC1(c2ccc(F)cc2)CCCC1)NC1CCc2nc(COC)nn2C1. The van der Waals surface area contributed by atoms with Gasteiger partial charge in [-0.3, -0.25) is 4.99 Å². The highest BCUT2D eigenvalue weighted by atomic mass is 19.1. The number of fused-ring (bicyclic) bond motifs is 1. The number of aryl methyl sites for hydroxylation is 1. The molecule has 8 heteroatoms. The van der Waals surface area contributed by atoms with E-state index in [1.807, 2.05) is 16.8 Å². The minimum Gasteiger partial charge on any atom is -0.377 e. The molecular formula is C22H31FN6O. The lowest BCUT2D eigenvalue weighted by atomic mass is 9.79. The van der Waals surface area contributed by atoms with E-state index in [2.05, 4.69) is 25.7 Å². The number of ether oxygens (including phenoxy) is 1. The number of aliphatic imine (C=N–C) groups is 1. The molecule has 1 aliphatic carbocycles. The van der Waals surface area contributed by atoms with Crippen molar-refractivity contribution in [2.45, 2.75) is 63.1 Å². The molecule has 1 aliphatic heterocycles. The lowest BCUT2D eigenvalue weighted by Crippen LogP contribution is -2.50. The molecule has 2 aromatic rings. The standard InChI is InChI=1S/C22H31FN6O/c1-24-21(26-18-9-10-20-27-19(14-30-2)28-29(20)13-18)25-15-22(11-3-4-12-22)16-5-7-17(23)8-6-16/h5-8,18H,3-4,9-15H2,1-2H3,(H2,24,25,26). The van der Waals surface area contributed by atoms with Crippen molar-refractivity contribution in [2.75, 3.05) is 20.7 Å². The fourth-order valence-corrected chi connectivity index (χ4v) is 4.73. The van der Waals surface area contributed by atoms with Crippen molar-refractivity contribution in [1.82, 2.24) is 25.4 Å². The highest BCUT2D eigenvalue weighted by Crippen LogP contribution is 2.40. The van der Waals surface area contributed by atoms with Gasteiger partial charge in [-0.15, -0.1) is 0 Å². The number of aromatic nitrogens is 3. The Hall–Kier alpha value is -2.48. The van der Waals surface area contributed by atoms with E-state index in [9.17, 15) is 4.39 Å². The zero-order valence-electron chi connectivity index (χ0n) is 17.8. The lowest BCUT2D eigenvalue weighted by Gasteiger charge is -2.32. The van der Waals surface area contributed by atoms with Gasteiger partial charge < -0.3 is 15.4 Å². The summed E-state index contributed by atoms with van der Waals surface area (Å²) < 4.78 is 20.5. The molecule has 0 radical (unpaired) electrons. The van der Waals surface area contributed by atoms with Crippen molar-refractivity contribution in [3.63, 3.8) is 0 Å². The van der Waals surface area contributed by atoms with Crippen molar-refractivity contribution >= 4 is 5.96 Å². The number of halogens is 1. The summed E-state index contributed by atoms with van der Waals surface area (Å²) in [5.74, 6) is 2.37. The third kappa shape index (κ3) is 4.48. The van der Waals surface area contributed by atoms with Crippen molar-refractivity contribution in [1.29, 1.82) is 0 Å². The molecule has 0 bridgehead atoms. The first-order chi connectivity index (χ1) is 14.6. The molecule has 1 aromatic carbocycles. The van der Waals surface area contributed by atoms with Crippen molar-refractivity contribution < 1.29 is 9.13 Å². The molecule has 4 rings (SSSR count). The number of hydrogen-bond donors (Lipinski definition) is 2. The van der Waals surface area contributed by atoms with Crippen molar-refractivity contribution in [2.24, 2.45) is 4.99 Å². The fraction of sp³-hybridized carbons (Fsp3) is 0.591. The molecule has 1 saturated carbocycles. The van der Waals surface area contributed by atoms with Crippen LogP contribution in [0.4, 0.5) is 4.39 Å². The Morgan fingerprint density at radius 1 is 1.30 bits per heavy atom. The Bertz CT molecular complexity index is 872. The lowest BCUT2D eigenvalue weighted by molar-refractivity contribution is 0.177. The monoisotopic (exact) mass is 414 g/mol. The number of nitrogens with one attached hydrogen (secondary N) is 2. The number of guanidine groups is 1. The summed E-state index contributed by atoms with van der Waals surface area (Å²) in [7, 11) is 3.46. The number of nitrogens with zero attached hydrogens (tertiary/aromatic N) is 4. The average molecular weight is 415 g/mol. The molecule has 7 nitrogen and oxygen atoms in total. The van der Waals surface area contributed by atoms with Crippen LogP contribution in [0.2, 0.25) is 0 Å². The average Bonchev–Trinajstić information content (AvgIpc) is 3.39. The van der Waals surface area contributed by atoms with Crippen molar-refractivity contribution in [3.8, 4) is 0 Å². The fourth-order valence-electron chi connectivity index (χ4n) is 4.73. The molecule has 1 aromatic heterocycles. The number of hydrogen-bond acceptors (Lipinski definition) is 4. The van der Waals surface area contributed by atoms with Crippen LogP contribution >= 0.6 is 0 Å². The van der Waals surface area contributed by atoms with Gasteiger partial charge in [0, 0.05) is 38.6 Å². The third-order valence-corrected chi connectivity index (χ3v) is 6.35. The van der Waals surface area contributed by atoms with E-state index in [0.29, 0.717) is 6.61 Å². The van der Waals surface area contributed by atoms with Gasteiger partial charge in [0.1, 0.15) is 18.2 Å². The van der Waals surface area contributed by atoms with Crippen LogP contribution in [0, 0.1) is 5.82 Å². The minimum absolute atomic E-state index is 0.0337. The predicted molar refractivity (Wildman–Crippen MR) is 114 cm³/mol. The summed E-state index contributed by atoms with van der Waals surface area (Å²) in [5.41, 5.74) is 1.24. The molecule has 1 fully saturated rings. The van der Waals surface area contributed by atoms with E-state index in [4.69, 9.17) is 4.74 Å². The second kappa shape index (κ2) is 9.12. The van der Waals surface area contributed by atoms with Crippen LogP contribution in [0.15, 0.2) is 29.3 Å². The highest BCUT2D eigenvalue weighted by Gasteiger charge is 2.36. The van der Waals surface area contributed by atoms with Gasteiger partial charge in [-0.25, -0.2) is 14.1 Å². The molecule has 162 valence electrons. The van der Waals surface area contributed by atoms with E-state index < -0.39 is 0 Å². The van der Waals surface area contributed by atoms with E-state index in [1.54, 1.807) is 26.3 Å². The van der Waals surface area contributed by atoms with Gasteiger partial charge in [0.05, 0.1) is 6.54 Å². The molecule has 2 N–H and O–H groups in total. The summed E-state index contributed by atoms with van der Waals surface area (Å²) >= 11 is 0. The first kappa shape index (κ1) is 20.8. The molecule has 0 saturated heterocycles. The molecule has 2 heterocycles. The van der Waals surface area contributed by atoms with Crippen LogP contribution in [0.1, 0.15) is 49.3 Å². The number of benzene rings is 1. The smallest absolute Gasteiger partial charge is 0.191 e. The zero-order chi connectivity index (χ0) is 21.0. The molecule has 0 amide bonds. The maximum Gasteiger partial charge on any atom is 0.191 e. The first-order valence-electron chi connectivity index (χ1n) is 10.8. The van der Waals surface area contributed by atoms with E-state index in [-0.39, 0.29) is 17.3 Å². The van der Waals surface area contributed by atoms with Crippen LogP contribution in [-0.4, -0.2) is 47.5 Å². The quantitative estimate of drug-likeness (QED) is 0.561. The zero-order valence-corrected chi connectivity index (χ0v) is 17.8. The molecule has 1 unspecified atom stereocenters. The summed E-state index contributed by atoms with van der Waals surface area (Å²) in [6.07, 6.45) is 6.48. The molecule has 30 heavy (non-hydrogen) atoms. The summed E-state index contributed by atoms with van der Waals surface area (Å²) in [5, 5.41) is 11.6. The predicted octanol–water partition coefficient (Wildman–Crippen LogP) is 2.56. The first-order valence-corrected chi connectivity index (χ1v) is 10.8. The molecule has 0 spiro atoms. The summed E-state index contributed by atoms with van der Waals surface area (Å²) in [6.45, 7) is 1.99. The van der Waals surface area contributed by atoms with Gasteiger partial charge >= 0.3 is 0 Å². The second-order valence-electron chi connectivity index (χ2n) is 8.36. The van der Waals surface area contributed by atoms with Crippen LogP contribution in [0.25, 0.3) is 0 Å². The van der Waals surface area contributed by atoms with Gasteiger partial charge in [0.15, 0.2) is 11.8 Å². The van der Waals surface area contributed by atoms with Gasteiger partial charge in [0.2, 0.25) is 0 Å². The Morgan fingerprint density at radius 2 is 2.07 bits per heavy atom. The van der Waals surface area contributed by atoms with Crippen molar-refractivity contribution in [3.05, 3.63) is 47.3 Å². The summed E-state index contributed by atoms with van der Waals surface area (Å²) in [6, 6.07) is 7.24. The maximum absolute atomic E-state index is 13.4. The third-order valence-electron chi connectivity index (χ3n) is 6.35. The van der Waals surface area contributed by atoms with E-state index in [0.717, 1.165) is 56.4 Å². The number of rotatable bonds is 6. The second-order valence-corrected chi connectivity index (χ2v) is 8.36. The van der Waals surface area contributed by atoms with Crippen LogP contribution in [0.3, 0.4) is 0 Å². The van der Waals surface area contributed by atoms with Crippen LogP contribution in [-0.2, 0) is 29.7 Å². The van der Waals surface area contributed by atoms with Gasteiger partial charge in [-0.1, -0.05) is 25.0 Å². The van der Waals surface area contributed by atoms with Gasteiger partial charge in [-0.2, -0.15) is 5.10 Å². The highest BCUT2D eigenvalue weighted by molar-refractivity contribution is 5.80. The van der Waals surface area contributed by atoms with E-state index in [1.165, 1.54) is 18.4 Å². The Morgan fingerprint density at radius 3 is 2.77 bits per heavy atom. The molecule has 2 aliphatic rings.